The van der Waals surface area contributed by atoms with E-state index in [-0.39, 0.29) is 12.5 Å². The number of nitrogens with one attached hydrogen (secondary N) is 1. The van der Waals surface area contributed by atoms with E-state index in [2.05, 4.69) is 27.1 Å². The molecule has 2 saturated heterocycles. The minimum absolute atomic E-state index is 0.0735. The number of ether oxygens (including phenoxy) is 1. The number of hydrogen-bond acceptors (Lipinski definition) is 6. The van der Waals surface area contributed by atoms with Crippen molar-refractivity contribution >= 4 is 17.5 Å². The summed E-state index contributed by atoms with van der Waals surface area (Å²) in [4.78, 5) is 25.5. The highest BCUT2D eigenvalue weighted by Crippen LogP contribution is 2.20. The van der Waals surface area contributed by atoms with Crippen LogP contribution in [0.25, 0.3) is 0 Å². The van der Waals surface area contributed by atoms with Crippen molar-refractivity contribution in [2.75, 3.05) is 43.0 Å². The van der Waals surface area contributed by atoms with Crippen LogP contribution in [0.5, 0.6) is 5.75 Å². The van der Waals surface area contributed by atoms with Gasteiger partial charge in [0.05, 0.1) is 0 Å². The van der Waals surface area contributed by atoms with E-state index in [9.17, 15) is 4.79 Å². The smallest absolute Gasteiger partial charge is 0.260 e. The number of amides is 1. The number of aromatic nitrogens is 2. The molecule has 2 aliphatic heterocycles. The molecule has 7 heteroatoms. The number of hydrogen-bond donors (Lipinski definition) is 1. The highest BCUT2D eigenvalue weighted by atomic mass is 16.5. The number of rotatable bonds is 7. The Balaban J connectivity index is 1.21. The van der Waals surface area contributed by atoms with Gasteiger partial charge in [-0.15, -0.1) is 0 Å². The quantitative estimate of drug-likeness (QED) is 0.732. The molecule has 0 aliphatic carbocycles. The molecule has 7 nitrogen and oxygen atoms in total. The number of piperidine rings is 2. The molecule has 4 rings (SSSR count). The fraction of sp³-hybridized carbons (Fsp3) is 0.542. The van der Waals surface area contributed by atoms with Gasteiger partial charge < -0.3 is 19.9 Å². The van der Waals surface area contributed by atoms with Crippen molar-refractivity contribution in [2.24, 2.45) is 5.92 Å². The lowest BCUT2D eigenvalue weighted by atomic mass is 10.00. The number of carbonyl (C=O) groups is 1. The van der Waals surface area contributed by atoms with Crippen molar-refractivity contribution in [3.8, 4) is 5.75 Å². The highest BCUT2D eigenvalue weighted by molar-refractivity contribution is 5.77. The summed E-state index contributed by atoms with van der Waals surface area (Å²) in [5.41, 5.74) is 2.03. The number of likely N-dealkylation sites (tertiary alicyclic amines) is 1. The molecule has 2 aliphatic rings. The molecule has 166 valence electrons. The molecule has 0 spiro atoms. The molecule has 0 unspecified atom stereocenters. The number of carbonyl (C=O) groups excluding carboxylic acids is 1. The molecule has 31 heavy (non-hydrogen) atoms. The molecule has 0 bridgehead atoms. The van der Waals surface area contributed by atoms with Crippen LogP contribution in [0, 0.1) is 5.92 Å². The lowest BCUT2D eigenvalue weighted by Crippen LogP contribution is -2.38. The van der Waals surface area contributed by atoms with Gasteiger partial charge in [-0.2, -0.15) is 0 Å². The normalized spacial score (nSPS) is 17.5. The minimum atomic E-state index is 0.0735. The van der Waals surface area contributed by atoms with Crippen molar-refractivity contribution in [2.45, 2.75) is 45.6 Å². The summed E-state index contributed by atoms with van der Waals surface area (Å²) in [5.74, 6) is 2.41. The summed E-state index contributed by atoms with van der Waals surface area (Å²) < 4.78 is 5.67. The van der Waals surface area contributed by atoms with Crippen molar-refractivity contribution < 1.29 is 9.53 Å². The standard InChI is InChI=1S/C24H33N5O2/c1-19-9-13-29(14-10-19)24-26-16-20(17-27-24)15-25-21-5-7-22(8-6-21)31-18-23(30)28-11-3-2-4-12-28/h5-8,16-17,19,25H,2-4,9-15,18H2,1H3. The van der Waals surface area contributed by atoms with Gasteiger partial charge in [0.15, 0.2) is 6.61 Å². The van der Waals surface area contributed by atoms with Gasteiger partial charge in [-0.1, -0.05) is 6.92 Å². The van der Waals surface area contributed by atoms with Crippen LogP contribution in [0.4, 0.5) is 11.6 Å². The first-order chi connectivity index (χ1) is 15.2. The van der Waals surface area contributed by atoms with Crippen LogP contribution < -0.4 is 15.0 Å². The number of benzene rings is 1. The van der Waals surface area contributed by atoms with Gasteiger partial charge in [-0.05, 0) is 62.3 Å². The van der Waals surface area contributed by atoms with Crippen molar-refractivity contribution in [1.29, 1.82) is 0 Å². The molecule has 2 aromatic rings. The maximum atomic E-state index is 12.2. The van der Waals surface area contributed by atoms with E-state index < -0.39 is 0 Å². The zero-order valence-corrected chi connectivity index (χ0v) is 18.4. The summed E-state index contributed by atoms with van der Waals surface area (Å²) in [6.07, 6.45) is 9.62. The van der Waals surface area contributed by atoms with E-state index in [1.807, 2.05) is 41.6 Å². The Bertz CT molecular complexity index is 826. The van der Waals surface area contributed by atoms with Crippen molar-refractivity contribution in [3.05, 3.63) is 42.2 Å². The lowest BCUT2D eigenvalue weighted by molar-refractivity contribution is -0.134. The lowest BCUT2D eigenvalue weighted by Gasteiger charge is -2.30. The first-order valence-corrected chi connectivity index (χ1v) is 11.5. The largest absolute Gasteiger partial charge is 0.484 e. The van der Waals surface area contributed by atoms with Crippen LogP contribution in [-0.4, -0.2) is 53.6 Å². The molecule has 3 heterocycles. The second kappa shape index (κ2) is 10.5. The van der Waals surface area contributed by atoms with Crippen molar-refractivity contribution in [3.63, 3.8) is 0 Å². The van der Waals surface area contributed by atoms with Crippen LogP contribution in [0.1, 0.15) is 44.6 Å². The molecule has 1 N–H and O–H groups in total. The molecule has 1 amide bonds. The number of nitrogens with zero attached hydrogens (tertiary/aromatic N) is 4. The Hall–Kier alpha value is -2.83. The van der Waals surface area contributed by atoms with Crippen LogP contribution >= 0.6 is 0 Å². The summed E-state index contributed by atoms with van der Waals surface area (Å²) in [5, 5.41) is 3.39. The topological polar surface area (TPSA) is 70.6 Å². The number of anilines is 2. The third-order valence-corrected chi connectivity index (χ3v) is 6.18. The van der Waals surface area contributed by atoms with Gasteiger partial charge in [0.1, 0.15) is 5.75 Å². The van der Waals surface area contributed by atoms with Crippen LogP contribution in [0.2, 0.25) is 0 Å². The van der Waals surface area contributed by atoms with E-state index in [0.29, 0.717) is 12.3 Å². The molecule has 0 saturated carbocycles. The monoisotopic (exact) mass is 423 g/mol. The third-order valence-electron chi connectivity index (χ3n) is 6.18. The van der Waals surface area contributed by atoms with Gasteiger partial charge in [-0.3, -0.25) is 4.79 Å². The van der Waals surface area contributed by atoms with E-state index in [1.165, 1.54) is 19.3 Å². The van der Waals surface area contributed by atoms with E-state index >= 15 is 0 Å². The second-order valence-corrected chi connectivity index (χ2v) is 8.67. The second-order valence-electron chi connectivity index (χ2n) is 8.67. The maximum absolute atomic E-state index is 12.2. The molecule has 1 aromatic heterocycles. The van der Waals surface area contributed by atoms with E-state index in [0.717, 1.165) is 62.1 Å². The molecule has 2 fully saturated rings. The summed E-state index contributed by atoms with van der Waals surface area (Å²) in [7, 11) is 0. The zero-order chi connectivity index (χ0) is 21.5. The van der Waals surface area contributed by atoms with E-state index in [1.54, 1.807) is 0 Å². The molecule has 0 radical (unpaired) electrons. The molecular weight excluding hydrogens is 390 g/mol. The third kappa shape index (κ3) is 6.09. The Morgan fingerprint density at radius 1 is 1.03 bits per heavy atom. The SMILES string of the molecule is CC1CCN(c2ncc(CNc3ccc(OCC(=O)N4CCCCC4)cc3)cn2)CC1. The average Bonchev–Trinajstić information content (AvgIpc) is 2.83. The highest BCUT2D eigenvalue weighted by Gasteiger charge is 2.18. The summed E-state index contributed by atoms with van der Waals surface area (Å²) in [6.45, 7) is 6.85. The van der Waals surface area contributed by atoms with Gasteiger partial charge in [-0.25, -0.2) is 9.97 Å². The fourth-order valence-corrected chi connectivity index (χ4v) is 4.06. The first-order valence-electron chi connectivity index (χ1n) is 11.5. The minimum Gasteiger partial charge on any atom is -0.484 e. The molecule has 0 atom stereocenters. The van der Waals surface area contributed by atoms with Crippen molar-refractivity contribution in [1.82, 2.24) is 14.9 Å². The zero-order valence-electron chi connectivity index (χ0n) is 18.4. The first kappa shape index (κ1) is 21.4. The Morgan fingerprint density at radius 3 is 2.39 bits per heavy atom. The Morgan fingerprint density at radius 2 is 1.71 bits per heavy atom. The maximum Gasteiger partial charge on any atom is 0.260 e. The van der Waals surface area contributed by atoms with Gasteiger partial charge in [0.2, 0.25) is 5.95 Å². The summed E-state index contributed by atoms with van der Waals surface area (Å²) in [6, 6.07) is 7.71. The Kier molecular flexibility index (Phi) is 7.22. The Labute approximate surface area is 184 Å². The molecular formula is C24H33N5O2. The summed E-state index contributed by atoms with van der Waals surface area (Å²) >= 11 is 0. The predicted octanol–water partition coefficient (Wildman–Crippen LogP) is 3.72. The molecule has 1 aromatic carbocycles. The van der Waals surface area contributed by atoms with Gasteiger partial charge in [0, 0.05) is 56.4 Å². The average molecular weight is 424 g/mol. The van der Waals surface area contributed by atoms with Gasteiger partial charge >= 0.3 is 0 Å². The van der Waals surface area contributed by atoms with Crippen LogP contribution in [-0.2, 0) is 11.3 Å². The van der Waals surface area contributed by atoms with Crippen LogP contribution in [0.15, 0.2) is 36.7 Å². The predicted molar refractivity (Wildman–Crippen MR) is 122 cm³/mol. The fourth-order valence-electron chi connectivity index (χ4n) is 4.06. The van der Waals surface area contributed by atoms with Crippen LogP contribution in [0.3, 0.4) is 0 Å². The van der Waals surface area contributed by atoms with Gasteiger partial charge in [0.25, 0.3) is 5.91 Å². The van der Waals surface area contributed by atoms with E-state index in [4.69, 9.17) is 4.74 Å².